The van der Waals surface area contributed by atoms with Crippen LogP contribution in [0.15, 0.2) is 24.5 Å². The van der Waals surface area contributed by atoms with Crippen molar-refractivity contribution in [2.24, 2.45) is 7.05 Å². The van der Waals surface area contributed by atoms with E-state index in [0.29, 0.717) is 38.6 Å². The highest BCUT2D eigenvalue weighted by Gasteiger charge is 2.34. The number of nitrogens with zero attached hydrogens (tertiary/aromatic N) is 4. The Labute approximate surface area is 210 Å². The first kappa shape index (κ1) is 26.4. The SMILES string of the molecule is Cn1cc(CC(=O)NC2CCCC(F)(CCN3CCc4ccc(OCC(F)F)nc4CC3)CC2)cn1. The minimum absolute atomic E-state index is 0.00652. The highest BCUT2D eigenvalue weighted by molar-refractivity contribution is 5.78. The van der Waals surface area contributed by atoms with Gasteiger partial charge in [0.15, 0.2) is 6.61 Å². The number of hydrogen-bond donors (Lipinski definition) is 1. The minimum atomic E-state index is -2.53. The first-order valence-corrected chi connectivity index (χ1v) is 12.9. The standard InChI is InChI=1S/C26H36F3N5O2/c1-33-17-19(16-30-33)15-24(35)31-21-3-2-9-26(29,10-6-21)11-14-34-12-7-20-4-5-25(36-18-23(27)28)32-22(20)8-13-34/h4-5,16-17,21,23H,2-3,6-15,18H2,1H3,(H,31,35). The Balaban J connectivity index is 1.22. The second kappa shape index (κ2) is 12.1. The summed E-state index contributed by atoms with van der Waals surface area (Å²) < 4.78 is 47.3. The zero-order valence-corrected chi connectivity index (χ0v) is 20.9. The van der Waals surface area contributed by atoms with Crippen LogP contribution in [0.5, 0.6) is 5.88 Å². The van der Waals surface area contributed by atoms with E-state index in [0.717, 1.165) is 49.2 Å². The fourth-order valence-corrected chi connectivity index (χ4v) is 5.21. The summed E-state index contributed by atoms with van der Waals surface area (Å²) >= 11 is 0. The van der Waals surface area contributed by atoms with Crippen molar-refractivity contribution in [2.75, 3.05) is 26.2 Å². The number of pyridine rings is 1. The third-order valence-corrected chi connectivity index (χ3v) is 7.24. The Hall–Kier alpha value is -2.62. The van der Waals surface area contributed by atoms with E-state index in [2.05, 4.69) is 20.3 Å². The quantitative estimate of drug-likeness (QED) is 0.525. The fraction of sp³-hybridized carbons (Fsp3) is 0.654. The molecule has 0 saturated heterocycles. The van der Waals surface area contributed by atoms with E-state index >= 15 is 4.39 Å². The lowest BCUT2D eigenvalue weighted by Crippen LogP contribution is -2.36. The van der Waals surface area contributed by atoms with Crippen LogP contribution in [0.2, 0.25) is 0 Å². The number of alkyl halides is 3. The lowest BCUT2D eigenvalue weighted by Gasteiger charge is -2.28. The fourth-order valence-electron chi connectivity index (χ4n) is 5.21. The lowest BCUT2D eigenvalue weighted by atomic mass is 9.92. The number of amides is 1. The molecule has 3 heterocycles. The number of halogens is 3. The van der Waals surface area contributed by atoms with Crippen molar-refractivity contribution in [1.29, 1.82) is 0 Å². The van der Waals surface area contributed by atoms with Crippen molar-refractivity contribution in [3.8, 4) is 5.88 Å². The number of ether oxygens (including phenoxy) is 1. The number of carbonyl (C=O) groups excluding carboxylic acids is 1. The second-order valence-electron chi connectivity index (χ2n) is 10.1. The largest absolute Gasteiger partial charge is 0.472 e. The molecule has 1 fully saturated rings. The summed E-state index contributed by atoms with van der Waals surface area (Å²) in [5.41, 5.74) is 1.61. The van der Waals surface area contributed by atoms with Gasteiger partial charge in [0.25, 0.3) is 6.43 Å². The molecule has 1 N–H and O–H groups in total. The van der Waals surface area contributed by atoms with Crippen LogP contribution in [0.1, 0.15) is 55.3 Å². The maximum Gasteiger partial charge on any atom is 0.272 e. The normalized spacial score (nSPS) is 23.1. The molecule has 7 nitrogen and oxygen atoms in total. The highest BCUT2D eigenvalue weighted by Crippen LogP contribution is 2.34. The molecule has 0 aromatic carbocycles. The Kier molecular flexibility index (Phi) is 8.87. The molecular weight excluding hydrogens is 471 g/mol. The van der Waals surface area contributed by atoms with Gasteiger partial charge in [0.1, 0.15) is 5.67 Å². The predicted molar refractivity (Wildman–Crippen MR) is 130 cm³/mol. The molecule has 0 radical (unpaired) electrons. The number of nitrogens with one attached hydrogen (secondary N) is 1. The van der Waals surface area contributed by atoms with Crippen molar-refractivity contribution < 1.29 is 22.7 Å². The van der Waals surface area contributed by atoms with Gasteiger partial charge < -0.3 is 15.0 Å². The Morgan fingerprint density at radius 1 is 1.25 bits per heavy atom. The first-order chi connectivity index (χ1) is 17.3. The first-order valence-electron chi connectivity index (χ1n) is 12.9. The molecule has 10 heteroatoms. The van der Waals surface area contributed by atoms with E-state index in [1.54, 1.807) is 16.9 Å². The summed E-state index contributed by atoms with van der Waals surface area (Å²) in [6.45, 7) is 1.57. The minimum Gasteiger partial charge on any atom is -0.472 e. The van der Waals surface area contributed by atoms with Crippen LogP contribution in [0.3, 0.4) is 0 Å². The zero-order chi connectivity index (χ0) is 25.5. The summed E-state index contributed by atoms with van der Waals surface area (Å²) in [5, 5.41) is 7.18. The second-order valence-corrected chi connectivity index (χ2v) is 10.1. The van der Waals surface area contributed by atoms with Gasteiger partial charge in [-0.2, -0.15) is 5.10 Å². The van der Waals surface area contributed by atoms with Gasteiger partial charge in [-0.25, -0.2) is 18.2 Å². The molecule has 1 aliphatic heterocycles. The van der Waals surface area contributed by atoms with Gasteiger partial charge in [0.2, 0.25) is 11.8 Å². The summed E-state index contributed by atoms with van der Waals surface area (Å²) in [6, 6.07) is 3.55. The van der Waals surface area contributed by atoms with Crippen molar-refractivity contribution in [2.45, 2.75) is 75.9 Å². The molecule has 0 bridgehead atoms. The van der Waals surface area contributed by atoms with Gasteiger partial charge in [0.05, 0.1) is 12.6 Å². The maximum atomic E-state index is 15.8. The molecule has 0 spiro atoms. The molecule has 2 aromatic heterocycles. The highest BCUT2D eigenvalue weighted by atomic mass is 19.3. The smallest absolute Gasteiger partial charge is 0.272 e. The molecule has 4 rings (SSSR count). The van der Waals surface area contributed by atoms with Crippen LogP contribution in [0.25, 0.3) is 0 Å². The molecule has 2 aromatic rings. The van der Waals surface area contributed by atoms with Crippen molar-refractivity contribution in [1.82, 2.24) is 25.0 Å². The predicted octanol–water partition coefficient (Wildman–Crippen LogP) is 3.65. The van der Waals surface area contributed by atoms with Crippen LogP contribution < -0.4 is 10.1 Å². The Morgan fingerprint density at radius 3 is 2.86 bits per heavy atom. The summed E-state index contributed by atoms with van der Waals surface area (Å²) in [4.78, 5) is 19.1. The number of rotatable bonds is 9. The van der Waals surface area contributed by atoms with Crippen LogP contribution in [-0.2, 0) is 31.1 Å². The van der Waals surface area contributed by atoms with Crippen LogP contribution in [0, 0.1) is 0 Å². The average Bonchev–Trinajstić information content (AvgIpc) is 3.03. The number of aryl methyl sites for hydroxylation is 1. The number of fused-ring (bicyclic) bond motifs is 1. The van der Waals surface area contributed by atoms with E-state index < -0.39 is 18.7 Å². The van der Waals surface area contributed by atoms with Crippen molar-refractivity contribution in [3.63, 3.8) is 0 Å². The van der Waals surface area contributed by atoms with E-state index in [1.165, 1.54) is 0 Å². The molecule has 1 amide bonds. The van der Waals surface area contributed by atoms with Gasteiger partial charge in [-0.1, -0.05) is 6.07 Å². The summed E-state index contributed by atoms with van der Waals surface area (Å²) in [6.07, 6.45) is 6.39. The van der Waals surface area contributed by atoms with E-state index in [4.69, 9.17) is 4.74 Å². The van der Waals surface area contributed by atoms with E-state index in [9.17, 15) is 13.6 Å². The molecule has 198 valence electrons. The average molecular weight is 508 g/mol. The van der Waals surface area contributed by atoms with E-state index in [1.807, 2.05) is 19.3 Å². The van der Waals surface area contributed by atoms with Crippen molar-refractivity contribution >= 4 is 5.91 Å². The maximum absolute atomic E-state index is 15.8. The molecular formula is C26H36F3N5O2. The third kappa shape index (κ3) is 7.69. The molecule has 2 atom stereocenters. The zero-order valence-electron chi connectivity index (χ0n) is 20.9. The van der Waals surface area contributed by atoms with Gasteiger partial charge in [-0.3, -0.25) is 9.48 Å². The van der Waals surface area contributed by atoms with Gasteiger partial charge in [-0.05, 0) is 56.1 Å². The summed E-state index contributed by atoms with van der Waals surface area (Å²) in [7, 11) is 1.82. The van der Waals surface area contributed by atoms with Gasteiger partial charge in [0, 0.05) is 57.1 Å². The monoisotopic (exact) mass is 507 g/mol. The van der Waals surface area contributed by atoms with Gasteiger partial charge in [-0.15, -0.1) is 0 Å². The van der Waals surface area contributed by atoms with Crippen LogP contribution in [0.4, 0.5) is 13.2 Å². The number of carbonyl (C=O) groups is 1. The summed E-state index contributed by atoms with van der Waals surface area (Å²) in [5.74, 6) is 0.186. The van der Waals surface area contributed by atoms with E-state index in [-0.39, 0.29) is 24.2 Å². The molecule has 36 heavy (non-hydrogen) atoms. The van der Waals surface area contributed by atoms with Crippen LogP contribution in [-0.4, -0.2) is 69.9 Å². The molecule has 1 saturated carbocycles. The molecule has 2 aliphatic rings. The number of hydrogen-bond acceptors (Lipinski definition) is 5. The molecule has 1 aliphatic carbocycles. The van der Waals surface area contributed by atoms with Crippen molar-refractivity contribution in [3.05, 3.63) is 41.3 Å². The third-order valence-electron chi connectivity index (χ3n) is 7.24. The number of aromatic nitrogens is 3. The lowest BCUT2D eigenvalue weighted by molar-refractivity contribution is -0.121. The van der Waals surface area contributed by atoms with Crippen LogP contribution >= 0.6 is 0 Å². The molecule has 2 unspecified atom stereocenters. The van der Waals surface area contributed by atoms with Gasteiger partial charge >= 0.3 is 0 Å². The Morgan fingerprint density at radius 2 is 2.08 bits per heavy atom. The topological polar surface area (TPSA) is 72.3 Å². The Bertz CT molecular complexity index is 1020.